The van der Waals surface area contributed by atoms with Gasteiger partial charge >= 0.3 is 6.18 Å². The first-order valence-electron chi connectivity index (χ1n) is 8.45. The fraction of sp³-hybridized carbons (Fsp3) is 0.278. The summed E-state index contributed by atoms with van der Waals surface area (Å²) in [6, 6.07) is 0.260. The molecule has 12 heteroatoms. The molecule has 0 aliphatic rings. The fourth-order valence-electron chi connectivity index (χ4n) is 2.57. The van der Waals surface area contributed by atoms with E-state index in [0.29, 0.717) is 6.92 Å². The highest BCUT2D eigenvalue weighted by Gasteiger charge is 2.40. The van der Waals surface area contributed by atoms with Crippen LogP contribution in [0.1, 0.15) is 29.9 Å². The molecule has 0 unspecified atom stereocenters. The molecule has 6 nitrogen and oxygen atoms in total. The van der Waals surface area contributed by atoms with Crippen molar-refractivity contribution in [3.8, 4) is 0 Å². The second kappa shape index (κ2) is 8.56. The van der Waals surface area contributed by atoms with E-state index in [0.717, 1.165) is 29.0 Å². The number of nitrogens with one attached hydrogen (secondary N) is 2. The quantitative estimate of drug-likeness (QED) is 0.656. The number of amides is 1. The minimum atomic E-state index is -4.81. The molecule has 2 rings (SSSR count). The van der Waals surface area contributed by atoms with Crippen LogP contribution >= 0.6 is 0 Å². The Kier molecular flexibility index (Phi) is 6.72. The number of nitrogens with zero attached hydrogens (tertiary/aromatic N) is 1. The van der Waals surface area contributed by atoms with Crippen molar-refractivity contribution in [2.45, 2.75) is 31.0 Å². The summed E-state index contributed by atoms with van der Waals surface area (Å²) in [6.07, 6.45) is -1.18. The molecule has 0 radical (unpaired) electrons. The molecule has 1 atom stereocenters. The molecule has 0 spiro atoms. The molecule has 0 aliphatic carbocycles. The van der Waals surface area contributed by atoms with Gasteiger partial charge in [-0.15, -0.1) is 0 Å². The van der Waals surface area contributed by atoms with Gasteiger partial charge in [-0.05, 0) is 26.0 Å². The van der Waals surface area contributed by atoms with Crippen molar-refractivity contribution < 1.29 is 35.2 Å². The monoisotopic (exact) mass is 451 g/mol. The second-order valence-electron chi connectivity index (χ2n) is 6.33. The van der Waals surface area contributed by atoms with Crippen LogP contribution < -0.4 is 10.0 Å². The molecular formula is C18H18F5N3O3S. The third kappa shape index (κ3) is 5.05. The molecule has 0 saturated carbocycles. The van der Waals surface area contributed by atoms with Crippen LogP contribution in [0.4, 0.5) is 27.6 Å². The first kappa shape index (κ1) is 23.5. The van der Waals surface area contributed by atoms with E-state index in [1.165, 1.54) is 30.8 Å². The molecule has 0 aliphatic heterocycles. The number of allylic oxidation sites excluding steroid dienone is 1. The van der Waals surface area contributed by atoms with Crippen molar-refractivity contribution in [3.63, 3.8) is 0 Å². The van der Waals surface area contributed by atoms with Gasteiger partial charge in [-0.3, -0.25) is 4.79 Å². The normalized spacial score (nSPS) is 13.6. The van der Waals surface area contributed by atoms with Gasteiger partial charge in [0.15, 0.2) is 11.6 Å². The van der Waals surface area contributed by atoms with E-state index in [-0.39, 0.29) is 16.9 Å². The third-order valence-corrected chi connectivity index (χ3v) is 5.59. The molecule has 1 aromatic heterocycles. The highest BCUT2D eigenvalue weighted by atomic mass is 32.2. The van der Waals surface area contributed by atoms with Gasteiger partial charge in [0.2, 0.25) is 10.0 Å². The van der Waals surface area contributed by atoms with E-state index >= 15 is 0 Å². The van der Waals surface area contributed by atoms with Gasteiger partial charge in [-0.2, -0.15) is 17.9 Å². The number of anilines is 1. The molecule has 2 N–H and O–H groups in total. The number of aryl methyl sites for hydroxylation is 1. The minimum Gasteiger partial charge on any atom is -0.345 e. The summed E-state index contributed by atoms with van der Waals surface area (Å²) in [5.41, 5.74) is -0.473. The predicted octanol–water partition coefficient (Wildman–Crippen LogP) is 3.82. The lowest BCUT2D eigenvalue weighted by molar-refractivity contribution is -0.147. The number of carbonyl (C=O) groups is 1. The lowest BCUT2D eigenvalue weighted by Gasteiger charge is -2.17. The Hall–Kier alpha value is -2.73. The van der Waals surface area contributed by atoms with Gasteiger partial charge in [0.25, 0.3) is 5.91 Å². The zero-order chi connectivity index (χ0) is 22.9. The highest BCUT2D eigenvalue weighted by molar-refractivity contribution is 7.89. The van der Waals surface area contributed by atoms with Crippen LogP contribution in [0.15, 0.2) is 35.4 Å². The molecule has 1 amide bonds. The van der Waals surface area contributed by atoms with Gasteiger partial charge in [-0.1, -0.05) is 12.2 Å². The molecule has 0 fully saturated rings. The van der Waals surface area contributed by atoms with E-state index in [4.69, 9.17) is 0 Å². The largest absolute Gasteiger partial charge is 0.404 e. The summed E-state index contributed by atoms with van der Waals surface area (Å²) in [5.74, 6) is -3.20. The number of rotatable bonds is 6. The summed E-state index contributed by atoms with van der Waals surface area (Å²) in [5, 5.41) is 2.30. The predicted molar refractivity (Wildman–Crippen MR) is 100 cm³/mol. The van der Waals surface area contributed by atoms with Gasteiger partial charge in [0, 0.05) is 30.6 Å². The van der Waals surface area contributed by atoms with E-state index in [1.807, 2.05) is 0 Å². The Morgan fingerprint density at radius 2 is 1.83 bits per heavy atom. The van der Waals surface area contributed by atoms with Gasteiger partial charge in [-0.25, -0.2) is 17.2 Å². The first-order chi connectivity index (χ1) is 13.8. The maximum absolute atomic E-state index is 13.4. The lowest BCUT2D eigenvalue weighted by Crippen LogP contribution is -2.43. The number of alkyl halides is 3. The Labute approximate surface area is 169 Å². The Morgan fingerprint density at radius 1 is 1.20 bits per heavy atom. The average molecular weight is 451 g/mol. The highest BCUT2D eigenvalue weighted by Crippen LogP contribution is 2.27. The first-order valence-corrected chi connectivity index (χ1v) is 9.93. The van der Waals surface area contributed by atoms with Crippen LogP contribution in [0, 0.1) is 11.6 Å². The van der Waals surface area contributed by atoms with Crippen molar-refractivity contribution >= 4 is 27.7 Å². The summed E-state index contributed by atoms with van der Waals surface area (Å²) >= 11 is 0. The maximum Gasteiger partial charge on any atom is 0.404 e. The maximum atomic E-state index is 13.4. The number of hydrogen-bond donors (Lipinski definition) is 2. The molecule has 1 aromatic carbocycles. The fourth-order valence-corrected chi connectivity index (χ4v) is 4.05. The lowest BCUT2D eigenvalue weighted by atomic mass is 10.2. The Morgan fingerprint density at radius 3 is 2.37 bits per heavy atom. The summed E-state index contributed by atoms with van der Waals surface area (Å²) in [6.45, 7) is 2.17. The van der Waals surface area contributed by atoms with Crippen LogP contribution in [0.3, 0.4) is 0 Å². The smallest absolute Gasteiger partial charge is 0.345 e. The van der Waals surface area contributed by atoms with Crippen molar-refractivity contribution in [3.05, 3.63) is 53.4 Å². The van der Waals surface area contributed by atoms with Crippen LogP contribution in [-0.4, -0.2) is 31.1 Å². The Balaban J connectivity index is 2.48. The SMILES string of the molecule is C/C=C/c1c(S(=O)(=O)N[C@H](C)C(F)(F)F)cn(C)c1C(=O)Nc1ccc(F)c(F)c1. The number of sulfonamides is 1. The average Bonchev–Trinajstić information content (AvgIpc) is 2.94. The number of benzene rings is 1. The molecular weight excluding hydrogens is 433 g/mol. The number of halogens is 5. The van der Waals surface area contributed by atoms with Gasteiger partial charge in [0.05, 0.1) is 0 Å². The minimum absolute atomic E-state index is 0.0975. The Bertz CT molecular complexity index is 1090. The zero-order valence-electron chi connectivity index (χ0n) is 16.0. The van der Waals surface area contributed by atoms with Crippen molar-refractivity contribution in [2.75, 3.05) is 5.32 Å². The number of aromatic nitrogens is 1. The molecule has 1 heterocycles. The third-order valence-electron chi connectivity index (χ3n) is 4.02. The zero-order valence-corrected chi connectivity index (χ0v) is 16.8. The summed E-state index contributed by atoms with van der Waals surface area (Å²) in [7, 11) is -3.33. The van der Waals surface area contributed by atoms with E-state index in [1.54, 1.807) is 0 Å². The molecule has 2 aromatic rings. The van der Waals surface area contributed by atoms with E-state index < -0.39 is 44.7 Å². The van der Waals surface area contributed by atoms with Crippen LogP contribution in [-0.2, 0) is 17.1 Å². The number of hydrogen-bond acceptors (Lipinski definition) is 3. The second-order valence-corrected chi connectivity index (χ2v) is 8.02. The number of carbonyl (C=O) groups excluding carboxylic acids is 1. The van der Waals surface area contributed by atoms with Crippen LogP contribution in [0.25, 0.3) is 6.08 Å². The van der Waals surface area contributed by atoms with E-state index in [2.05, 4.69) is 5.32 Å². The molecule has 0 bridgehead atoms. The summed E-state index contributed by atoms with van der Waals surface area (Å²) < 4.78 is 92.5. The van der Waals surface area contributed by atoms with E-state index in [9.17, 15) is 35.2 Å². The van der Waals surface area contributed by atoms with Gasteiger partial charge < -0.3 is 9.88 Å². The van der Waals surface area contributed by atoms with Crippen molar-refractivity contribution in [1.82, 2.24) is 9.29 Å². The standard InChI is InChI=1S/C18H18F5N3O3S/c1-4-5-12-15(30(28,29)25-10(2)18(21,22)23)9-26(3)16(12)17(27)24-11-6-7-13(19)14(20)8-11/h4-10,25H,1-3H3,(H,24,27)/b5-4+/t10-/m1/s1. The molecule has 164 valence electrons. The molecule has 0 saturated heterocycles. The van der Waals surface area contributed by atoms with Gasteiger partial charge in [0.1, 0.15) is 16.6 Å². The molecule has 30 heavy (non-hydrogen) atoms. The summed E-state index contributed by atoms with van der Waals surface area (Å²) in [4.78, 5) is 12.1. The topological polar surface area (TPSA) is 80.2 Å². The van der Waals surface area contributed by atoms with Crippen molar-refractivity contribution in [1.29, 1.82) is 0 Å². The van der Waals surface area contributed by atoms with Crippen LogP contribution in [0.2, 0.25) is 0 Å². The van der Waals surface area contributed by atoms with Crippen molar-refractivity contribution in [2.24, 2.45) is 7.05 Å². The van der Waals surface area contributed by atoms with Crippen LogP contribution in [0.5, 0.6) is 0 Å².